The predicted octanol–water partition coefficient (Wildman–Crippen LogP) is 5.32. The van der Waals surface area contributed by atoms with Crippen molar-refractivity contribution in [2.45, 2.75) is 6.92 Å². The minimum absolute atomic E-state index is 0.00197. The number of hydrogen-bond acceptors (Lipinski definition) is 7. The van der Waals surface area contributed by atoms with Gasteiger partial charge in [-0.1, -0.05) is 18.2 Å². The van der Waals surface area contributed by atoms with Gasteiger partial charge >= 0.3 is 5.97 Å². The highest BCUT2D eigenvalue weighted by molar-refractivity contribution is 9.10. The van der Waals surface area contributed by atoms with E-state index in [1.807, 2.05) is 6.92 Å². The number of nitro groups is 1. The Hall–Kier alpha value is -3.17. The molecule has 0 fully saturated rings. The van der Waals surface area contributed by atoms with E-state index < -0.39 is 10.9 Å². The molecule has 2 aromatic carbocycles. The standard InChI is InChI=1S/C21H16BrClN2O6/c1-11(2)10-30-19-15(22)6-12(8-18(19)29-3)7-17-21(26)31-20(24-17)14-9-13(25(27)28)4-5-16(14)23/h4-9H,1,10H2,2-3H3/b17-7-. The quantitative estimate of drug-likeness (QED) is 0.165. The van der Waals surface area contributed by atoms with Crippen molar-refractivity contribution in [3.05, 3.63) is 78.9 Å². The van der Waals surface area contributed by atoms with Crippen molar-refractivity contribution in [3.63, 3.8) is 0 Å². The molecule has 0 aromatic heterocycles. The van der Waals surface area contributed by atoms with Crippen LogP contribution in [0, 0.1) is 10.1 Å². The van der Waals surface area contributed by atoms with Gasteiger partial charge in [0.15, 0.2) is 17.2 Å². The fourth-order valence-corrected chi connectivity index (χ4v) is 3.40. The number of non-ortho nitro benzene ring substituents is 1. The number of halogens is 2. The number of rotatable bonds is 7. The molecule has 0 aliphatic carbocycles. The number of benzene rings is 2. The number of esters is 1. The van der Waals surface area contributed by atoms with E-state index in [9.17, 15) is 14.9 Å². The maximum absolute atomic E-state index is 12.3. The molecule has 0 spiro atoms. The maximum Gasteiger partial charge on any atom is 0.363 e. The largest absolute Gasteiger partial charge is 0.493 e. The average Bonchev–Trinajstić information content (AvgIpc) is 3.06. The molecule has 160 valence electrons. The molecule has 0 amide bonds. The summed E-state index contributed by atoms with van der Waals surface area (Å²) >= 11 is 9.55. The highest BCUT2D eigenvalue weighted by Gasteiger charge is 2.27. The van der Waals surface area contributed by atoms with Crippen LogP contribution in [0.3, 0.4) is 0 Å². The highest BCUT2D eigenvalue weighted by Crippen LogP contribution is 2.38. The Kier molecular flexibility index (Phi) is 6.77. The number of nitrogens with zero attached hydrogens (tertiary/aromatic N) is 2. The van der Waals surface area contributed by atoms with Gasteiger partial charge in [0.1, 0.15) is 6.61 Å². The van der Waals surface area contributed by atoms with E-state index in [2.05, 4.69) is 27.5 Å². The summed E-state index contributed by atoms with van der Waals surface area (Å²) in [5, 5.41) is 11.2. The van der Waals surface area contributed by atoms with Crippen LogP contribution < -0.4 is 9.47 Å². The van der Waals surface area contributed by atoms with E-state index in [1.165, 1.54) is 31.4 Å². The van der Waals surface area contributed by atoms with Crippen molar-refractivity contribution >= 4 is 51.2 Å². The Morgan fingerprint density at radius 1 is 1.39 bits per heavy atom. The predicted molar refractivity (Wildman–Crippen MR) is 120 cm³/mol. The van der Waals surface area contributed by atoms with E-state index >= 15 is 0 Å². The molecule has 0 saturated heterocycles. The molecule has 1 heterocycles. The fourth-order valence-electron chi connectivity index (χ4n) is 2.63. The van der Waals surface area contributed by atoms with Crippen LogP contribution in [-0.2, 0) is 9.53 Å². The van der Waals surface area contributed by atoms with Crippen LogP contribution in [0.4, 0.5) is 5.69 Å². The van der Waals surface area contributed by atoms with E-state index in [-0.39, 0.29) is 27.9 Å². The van der Waals surface area contributed by atoms with Gasteiger partial charge in [-0.3, -0.25) is 10.1 Å². The van der Waals surface area contributed by atoms with Crippen molar-refractivity contribution in [2.24, 2.45) is 4.99 Å². The second kappa shape index (κ2) is 9.32. The Morgan fingerprint density at radius 2 is 2.13 bits per heavy atom. The maximum atomic E-state index is 12.3. The minimum Gasteiger partial charge on any atom is -0.493 e. The van der Waals surface area contributed by atoms with Crippen LogP contribution in [0.2, 0.25) is 5.02 Å². The van der Waals surface area contributed by atoms with Crippen LogP contribution in [-0.4, -0.2) is 30.5 Å². The molecule has 0 N–H and O–H groups in total. The summed E-state index contributed by atoms with van der Waals surface area (Å²) in [6.45, 7) is 5.96. The van der Waals surface area contributed by atoms with Crippen LogP contribution in [0.15, 0.2) is 57.6 Å². The van der Waals surface area contributed by atoms with E-state index in [0.717, 1.165) is 5.57 Å². The molecule has 3 rings (SSSR count). The lowest BCUT2D eigenvalue weighted by Gasteiger charge is -2.13. The molecule has 0 atom stereocenters. The molecule has 1 aliphatic rings. The van der Waals surface area contributed by atoms with Crippen LogP contribution in [0.5, 0.6) is 11.5 Å². The van der Waals surface area contributed by atoms with Gasteiger partial charge in [0, 0.05) is 12.1 Å². The van der Waals surface area contributed by atoms with Gasteiger partial charge in [0.2, 0.25) is 5.90 Å². The van der Waals surface area contributed by atoms with Gasteiger partial charge < -0.3 is 14.2 Å². The molecule has 0 radical (unpaired) electrons. The molecular formula is C21H16BrClN2O6. The highest BCUT2D eigenvalue weighted by atomic mass is 79.9. The van der Waals surface area contributed by atoms with Crippen LogP contribution >= 0.6 is 27.5 Å². The number of carbonyl (C=O) groups excluding carboxylic acids is 1. The normalized spacial score (nSPS) is 14.3. The fraction of sp³-hybridized carbons (Fsp3) is 0.143. The summed E-state index contributed by atoms with van der Waals surface area (Å²) in [4.78, 5) is 26.9. The number of carbonyl (C=O) groups is 1. The third-order valence-electron chi connectivity index (χ3n) is 4.03. The second-order valence-electron chi connectivity index (χ2n) is 6.54. The molecular weight excluding hydrogens is 492 g/mol. The first-order chi connectivity index (χ1) is 14.7. The third-order valence-corrected chi connectivity index (χ3v) is 4.95. The van der Waals surface area contributed by atoms with Gasteiger partial charge in [-0.2, -0.15) is 0 Å². The summed E-state index contributed by atoms with van der Waals surface area (Å²) in [7, 11) is 1.50. The van der Waals surface area contributed by atoms with Crippen LogP contribution in [0.25, 0.3) is 6.08 Å². The molecule has 0 unspecified atom stereocenters. The molecule has 8 nitrogen and oxygen atoms in total. The summed E-state index contributed by atoms with van der Waals surface area (Å²) < 4.78 is 16.9. The smallest absolute Gasteiger partial charge is 0.363 e. The zero-order valence-corrected chi connectivity index (χ0v) is 18.8. The summed E-state index contributed by atoms with van der Waals surface area (Å²) in [5.41, 5.74) is 1.38. The van der Waals surface area contributed by atoms with Crippen LogP contribution in [0.1, 0.15) is 18.1 Å². The summed E-state index contributed by atoms with van der Waals surface area (Å²) in [6.07, 6.45) is 1.50. The Morgan fingerprint density at radius 3 is 2.77 bits per heavy atom. The van der Waals surface area contributed by atoms with Gasteiger partial charge in [-0.05, 0) is 58.3 Å². The first-order valence-corrected chi connectivity index (χ1v) is 9.98. The first-order valence-electron chi connectivity index (χ1n) is 8.81. The van der Waals surface area contributed by atoms with Crippen molar-refractivity contribution in [3.8, 4) is 11.5 Å². The van der Waals surface area contributed by atoms with Gasteiger partial charge in [-0.25, -0.2) is 9.79 Å². The monoisotopic (exact) mass is 506 g/mol. The number of nitro benzene ring substituents is 1. The van der Waals surface area contributed by atoms with E-state index in [4.69, 9.17) is 25.8 Å². The van der Waals surface area contributed by atoms with Crippen molar-refractivity contribution in [2.75, 3.05) is 13.7 Å². The zero-order chi connectivity index (χ0) is 22.7. The number of ether oxygens (including phenoxy) is 3. The Labute approximate surface area is 191 Å². The molecule has 0 bridgehead atoms. The second-order valence-corrected chi connectivity index (χ2v) is 7.80. The first kappa shape index (κ1) is 22.5. The lowest BCUT2D eigenvalue weighted by Crippen LogP contribution is -2.06. The molecule has 2 aromatic rings. The molecule has 10 heteroatoms. The van der Waals surface area contributed by atoms with Crippen molar-refractivity contribution in [1.29, 1.82) is 0 Å². The van der Waals surface area contributed by atoms with Crippen molar-refractivity contribution < 1.29 is 23.9 Å². The average molecular weight is 508 g/mol. The molecule has 0 saturated carbocycles. The molecule has 31 heavy (non-hydrogen) atoms. The number of methoxy groups -OCH3 is 1. The summed E-state index contributed by atoms with van der Waals surface area (Å²) in [6, 6.07) is 7.20. The minimum atomic E-state index is -0.713. The van der Waals surface area contributed by atoms with E-state index in [0.29, 0.717) is 28.1 Å². The van der Waals surface area contributed by atoms with Gasteiger partial charge in [0.05, 0.1) is 27.1 Å². The number of hydrogen-bond donors (Lipinski definition) is 0. The Bertz CT molecular complexity index is 1160. The lowest BCUT2D eigenvalue weighted by molar-refractivity contribution is -0.384. The summed E-state index contributed by atoms with van der Waals surface area (Å²) in [5.74, 6) is 0.113. The van der Waals surface area contributed by atoms with Gasteiger partial charge in [0.25, 0.3) is 5.69 Å². The third kappa shape index (κ3) is 5.12. The number of aliphatic imine (C=N–C) groups is 1. The number of cyclic esters (lactones) is 1. The SMILES string of the molecule is C=C(C)COc1c(Br)cc(/C=C2\N=C(c3cc([N+](=O)[O-])ccc3Cl)OC2=O)cc1OC. The zero-order valence-electron chi connectivity index (χ0n) is 16.5. The lowest BCUT2D eigenvalue weighted by atomic mass is 10.1. The van der Waals surface area contributed by atoms with Crippen molar-refractivity contribution in [1.82, 2.24) is 0 Å². The molecule has 1 aliphatic heterocycles. The topological polar surface area (TPSA) is 100 Å². The Balaban J connectivity index is 1.97. The van der Waals surface area contributed by atoms with E-state index in [1.54, 1.807) is 12.1 Å². The van der Waals surface area contributed by atoms with Gasteiger partial charge in [-0.15, -0.1) is 0 Å².